The van der Waals surface area contributed by atoms with Crippen LogP contribution in [0, 0.1) is 5.41 Å². The maximum atomic E-state index is 11.8. The minimum absolute atomic E-state index is 0.0938. The van der Waals surface area contributed by atoms with Crippen molar-refractivity contribution in [2.24, 2.45) is 5.41 Å². The molecule has 1 heterocycles. The summed E-state index contributed by atoms with van der Waals surface area (Å²) in [5.41, 5.74) is -0.192. The lowest BCUT2D eigenvalue weighted by atomic mass is 10.2. The zero-order valence-electron chi connectivity index (χ0n) is 8.99. The van der Waals surface area contributed by atoms with E-state index in [1.807, 2.05) is 6.92 Å². The summed E-state index contributed by atoms with van der Waals surface area (Å²) in [4.78, 5) is 13.2. The second kappa shape index (κ2) is 3.71. The van der Waals surface area contributed by atoms with Gasteiger partial charge in [-0.25, -0.2) is 13.1 Å². The molecule has 88 valence electrons. The predicted molar refractivity (Wildman–Crippen MR) is 59.6 cm³/mol. The van der Waals surface area contributed by atoms with Crippen molar-refractivity contribution in [3.8, 4) is 0 Å². The first-order chi connectivity index (χ1) is 7.41. The number of nitrogens with one attached hydrogen (secondary N) is 2. The fourth-order valence-corrected chi connectivity index (χ4v) is 2.47. The molecule has 0 amide bonds. The quantitative estimate of drug-likeness (QED) is 0.804. The van der Waals surface area contributed by atoms with Gasteiger partial charge >= 0.3 is 0 Å². The molecule has 0 unspecified atom stereocenters. The molecule has 2 rings (SSSR count). The lowest BCUT2D eigenvalue weighted by Gasteiger charge is -2.10. The number of H-pyrrole nitrogens is 1. The van der Waals surface area contributed by atoms with Gasteiger partial charge in [-0.15, -0.1) is 0 Å². The van der Waals surface area contributed by atoms with Gasteiger partial charge in [0.2, 0.25) is 15.6 Å². The van der Waals surface area contributed by atoms with Crippen molar-refractivity contribution in [2.75, 3.05) is 6.54 Å². The van der Waals surface area contributed by atoms with Gasteiger partial charge in [0.1, 0.15) is 0 Å². The molecule has 0 aliphatic heterocycles. The monoisotopic (exact) mass is 242 g/mol. The molecule has 1 aliphatic rings. The molecule has 0 bridgehead atoms. The third-order valence-electron chi connectivity index (χ3n) is 2.86. The highest BCUT2D eigenvalue weighted by Crippen LogP contribution is 2.44. The predicted octanol–water partition coefficient (Wildman–Crippen LogP) is 0.453. The molecule has 16 heavy (non-hydrogen) atoms. The van der Waals surface area contributed by atoms with Gasteiger partial charge in [0, 0.05) is 18.8 Å². The molecule has 6 heteroatoms. The second-order valence-corrected chi connectivity index (χ2v) is 6.29. The molecule has 0 atom stereocenters. The summed E-state index contributed by atoms with van der Waals surface area (Å²) in [5.74, 6) is 0. The molecule has 1 aromatic heterocycles. The fourth-order valence-electron chi connectivity index (χ4n) is 1.31. The number of aromatic amines is 1. The lowest BCUT2D eigenvalue weighted by Crippen LogP contribution is -2.29. The summed E-state index contributed by atoms with van der Waals surface area (Å²) in [6.45, 7) is 2.50. The van der Waals surface area contributed by atoms with E-state index >= 15 is 0 Å². The van der Waals surface area contributed by atoms with Crippen LogP contribution >= 0.6 is 0 Å². The van der Waals surface area contributed by atoms with E-state index in [1.54, 1.807) is 0 Å². The van der Waals surface area contributed by atoms with Crippen molar-refractivity contribution >= 4 is 10.0 Å². The molecular formula is C10H14N2O3S. The number of hydrogen-bond donors (Lipinski definition) is 2. The summed E-state index contributed by atoms with van der Waals surface area (Å²) in [7, 11) is -3.49. The van der Waals surface area contributed by atoms with Crippen molar-refractivity contribution in [3.05, 3.63) is 28.7 Å². The summed E-state index contributed by atoms with van der Waals surface area (Å²) >= 11 is 0. The van der Waals surface area contributed by atoms with Gasteiger partial charge < -0.3 is 4.98 Å². The van der Waals surface area contributed by atoms with Gasteiger partial charge in [-0.1, -0.05) is 6.92 Å². The number of rotatable bonds is 4. The highest BCUT2D eigenvalue weighted by Gasteiger charge is 2.38. The van der Waals surface area contributed by atoms with Crippen LogP contribution < -0.4 is 10.3 Å². The first-order valence-electron chi connectivity index (χ1n) is 5.10. The van der Waals surface area contributed by atoms with E-state index in [1.165, 1.54) is 18.3 Å². The van der Waals surface area contributed by atoms with Crippen LogP contribution in [0.1, 0.15) is 19.8 Å². The Hall–Kier alpha value is -1.14. The Bertz CT molecular complexity index is 523. The molecule has 1 aliphatic carbocycles. The number of sulfonamides is 1. The van der Waals surface area contributed by atoms with Crippen LogP contribution in [0.2, 0.25) is 0 Å². The van der Waals surface area contributed by atoms with Crippen molar-refractivity contribution in [2.45, 2.75) is 24.7 Å². The highest BCUT2D eigenvalue weighted by atomic mass is 32.2. The zero-order valence-corrected chi connectivity index (χ0v) is 9.80. The van der Waals surface area contributed by atoms with Crippen LogP contribution in [0.15, 0.2) is 28.0 Å². The summed E-state index contributed by atoms with van der Waals surface area (Å²) in [5, 5.41) is 0. The van der Waals surface area contributed by atoms with Crippen LogP contribution in [0.3, 0.4) is 0 Å². The molecule has 0 saturated heterocycles. The molecule has 5 nitrogen and oxygen atoms in total. The van der Waals surface area contributed by atoms with Crippen molar-refractivity contribution in [3.63, 3.8) is 0 Å². The van der Waals surface area contributed by atoms with Gasteiger partial charge in [-0.05, 0) is 24.3 Å². The number of pyridine rings is 1. The molecule has 1 aromatic rings. The van der Waals surface area contributed by atoms with Gasteiger partial charge in [0.05, 0.1) is 4.90 Å². The summed E-state index contributed by atoms with van der Waals surface area (Å²) in [6.07, 6.45) is 3.32. The lowest BCUT2D eigenvalue weighted by molar-refractivity contribution is 0.530. The van der Waals surface area contributed by atoms with Gasteiger partial charge in [-0.2, -0.15) is 0 Å². The fraction of sp³-hybridized carbons (Fsp3) is 0.500. The van der Waals surface area contributed by atoms with Crippen LogP contribution in [0.4, 0.5) is 0 Å². The molecule has 1 saturated carbocycles. The van der Waals surface area contributed by atoms with Gasteiger partial charge in [0.15, 0.2) is 0 Å². The van der Waals surface area contributed by atoms with Crippen molar-refractivity contribution in [1.82, 2.24) is 9.71 Å². The Labute approximate surface area is 93.9 Å². The van der Waals surface area contributed by atoms with E-state index in [2.05, 4.69) is 9.71 Å². The standard InChI is InChI=1S/C10H14N2O3S/c1-10(4-5-10)7-12-16(14,15)8-2-3-9(13)11-6-8/h2-3,6,12H,4-5,7H2,1H3,(H,11,13). The second-order valence-electron chi connectivity index (χ2n) is 4.52. The minimum atomic E-state index is -3.49. The van der Waals surface area contributed by atoms with Crippen molar-refractivity contribution < 1.29 is 8.42 Å². The van der Waals surface area contributed by atoms with Crippen LogP contribution in [-0.4, -0.2) is 19.9 Å². The number of hydrogen-bond acceptors (Lipinski definition) is 3. The SMILES string of the molecule is CC1(CNS(=O)(=O)c2ccc(=O)[nH]c2)CC1. The number of aromatic nitrogens is 1. The Morgan fingerprint density at radius 3 is 2.62 bits per heavy atom. The largest absolute Gasteiger partial charge is 0.328 e. The Balaban J connectivity index is 2.12. The normalized spacial score (nSPS) is 18.3. The molecule has 0 radical (unpaired) electrons. The molecule has 0 aromatic carbocycles. The van der Waals surface area contributed by atoms with Crippen LogP contribution in [0.5, 0.6) is 0 Å². The Kier molecular flexibility index (Phi) is 2.63. The van der Waals surface area contributed by atoms with E-state index < -0.39 is 10.0 Å². The maximum absolute atomic E-state index is 11.8. The average Bonchev–Trinajstić information content (AvgIpc) is 2.96. The van der Waals surface area contributed by atoms with E-state index in [-0.39, 0.29) is 15.9 Å². The van der Waals surface area contributed by atoms with E-state index in [0.29, 0.717) is 6.54 Å². The maximum Gasteiger partial charge on any atom is 0.247 e. The summed E-state index contributed by atoms with van der Waals surface area (Å²) in [6, 6.07) is 2.50. The first kappa shape index (κ1) is 11.3. The van der Waals surface area contributed by atoms with Gasteiger partial charge in [-0.3, -0.25) is 4.79 Å². The van der Waals surface area contributed by atoms with Crippen LogP contribution in [-0.2, 0) is 10.0 Å². The minimum Gasteiger partial charge on any atom is -0.328 e. The molecule has 0 spiro atoms. The smallest absolute Gasteiger partial charge is 0.247 e. The first-order valence-corrected chi connectivity index (χ1v) is 6.58. The highest BCUT2D eigenvalue weighted by molar-refractivity contribution is 7.89. The molecule has 2 N–H and O–H groups in total. The Morgan fingerprint density at radius 2 is 2.12 bits per heavy atom. The van der Waals surface area contributed by atoms with E-state index in [0.717, 1.165) is 12.8 Å². The molecular weight excluding hydrogens is 228 g/mol. The van der Waals surface area contributed by atoms with Gasteiger partial charge in [0.25, 0.3) is 0 Å². The van der Waals surface area contributed by atoms with Crippen molar-refractivity contribution in [1.29, 1.82) is 0 Å². The zero-order chi connectivity index (χ0) is 11.8. The third kappa shape index (κ3) is 2.51. The van der Waals surface area contributed by atoms with E-state index in [9.17, 15) is 13.2 Å². The third-order valence-corrected chi connectivity index (χ3v) is 4.26. The summed E-state index contributed by atoms with van der Waals surface area (Å²) < 4.78 is 26.1. The topological polar surface area (TPSA) is 79.0 Å². The van der Waals surface area contributed by atoms with Crippen LogP contribution in [0.25, 0.3) is 0 Å². The average molecular weight is 242 g/mol. The van der Waals surface area contributed by atoms with E-state index in [4.69, 9.17) is 0 Å². The molecule has 1 fully saturated rings. The Morgan fingerprint density at radius 1 is 1.44 bits per heavy atom.